The minimum absolute atomic E-state index is 0.272. The highest BCUT2D eigenvalue weighted by molar-refractivity contribution is 7.92. The van der Waals surface area contributed by atoms with E-state index < -0.39 is 15.8 Å². The molecular formula is C10H10FN3O2S. The van der Waals surface area contributed by atoms with Crippen LogP contribution in [-0.4, -0.2) is 18.2 Å². The number of nitrogens with one attached hydrogen (secondary N) is 1. The van der Waals surface area contributed by atoms with Crippen LogP contribution in [0.15, 0.2) is 41.4 Å². The van der Waals surface area contributed by atoms with Gasteiger partial charge in [0, 0.05) is 13.1 Å². The maximum absolute atomic E-state index is 13.4. The molecule has 0 aliphatic heterocycles. The monoisotopic (exact) mass is 255 g/mol. The second kappa shape index (κ2) is 4.17. The van der Waals surface area contributed by atoms with Gasteiger partial charge in [-0.3, -0.25) is 9.40 Å². The summed E-state index contributed by atoms with van der Waals surface area (Å²) in [6.45, 7) is 0. The van der Waals surface area contributed by atoms with Gasteiger partial charge in [0.2, 0.25) is 0 Å². The molecule has 0 bridgehead atoms. The Labute approximate surface area is 97.9 Å². The van der Waals surface area contributed by atoms with Crippen molar-refractivity contribution in [3.05, 3.63) is 42.3 Å². The van der Waals surface area contributed by atoms with Gasteiger partial charge in [-0.2, -0.15) is 5.10 Å². The minimum Gasteiger partial charge on any atom is -0.263 e. The molecule has 0 aliphatic carbocycles. The first kappa shape index (κ1) is 11.6. The van der Waals surface area contributed by atoms with Crippen LogP contribution in [0.4, 0.5) is 10.2 Å². The number of anilines is 1. The molecule has 17 heavy (non-hydrogen) atoms. The van der Waals surface area contributed by atoms with Crippen molar-refractivity contribution in [1.29, 1.82) is 0 Å². The Morgan fingerprint density at radius 1 is 1.29 bits per heavy atom. The summed E-state index contributed by atoms with van der Waals surface area (Å²) in [5, 5.41) is 3.81. The van der Waals surface area contributed by atoms with Gasteiger partial charge >= 0.3 is 0 Å². The number of hydrogen-bond donors (Lipinski definition) is 1. The Hall–Kier alpha value is -1.89. The van der Waals surface area contributed by atoms with E-state index in [1.807, 2.05) is 0 Å². The first-order valence-electron chi connectivity index (χ1n) is 4.76. The van der Waals surface area contributed by atoms with Crippen molar-refractivity contribution in [2.24, 2.45) is 7.05 Å². The van der Waals surface area contributed by atoms with Gasteiger partial charge < -0.3 is 0 Å². The molecule has 0 spiro atoms. The van der Waals surface area contributed by atoms with Crippen molar-refractivity contribution in [3.8, 4) is 0 Å². The van der Waals surface area contributed by atoms with E-state index >= 15 is 0 Å². The smallest absolute Gasteiger partial charge is 0.263 e. The maximum Gasteiger partial charge on any atom is 0.265 e. The molecule has 0 fully saturated rings. The second-order valence-corrected chi connectivity index (χ2v) is 5.03. The summed E-state index contributed by atoms with van der Waals surface area (Å²) in [6.07, 6.45) is 1.44. The van der Waals surface area contributed by atoms with Crippen LogP contribution >= 0.6 is 0 Å². The first-order chi connectivity index (χ1) is 8.00. The average Bonchev–Trinajstić information content (AvgIpc) is 2.64. The molecule has 1 aromatic heterocycles. The predicted molar refractivity (Wildman–Crippen MR) is 60.4 cm³/mol. The Kier molecular flexibility index (Phi) is 2.84. The zero-order valence-corrected chi connectivity index (χ0v) is 9.78. The van der Waals surface area contributed by atoms with Gasteiger partial charge in [0.05, 0.1) is 6.20 Å². The summed E-state index contributed by atoms with van der Waals surface area (Å²) in [4.78, 5) is -0.388. The molecule has 2 rings (SSSR count). The largest absolute Gasteiger partial charge is 0.265 e. The highest BCUT2D eigenvalue weighted by Gasteiger charge is 2.19. The number of halogens is 1. The molecule has 7 heteroatoms. The Morgan fingerprint density at radius 3 is 2.59 bits per heavy atom. The van der Waals surface area contributed by atoms with Gasteiger partial charge in [-0.15, -0.1) is 0 Å². The third-order valence-corrected chi connectivity index (χ3v) is 3.57. The molecule has 0 saturated carbocycles. The third kappa shape index (κ3) is 2.28. The van der Waals surface area contributed by atoms with Gasteiger partial charge in [0.15, 0.2) is 0 Å². The third-order valence-electron chi connectivity index (χ3n) is 2.19. The summed E-state index contributed by atoms with van der Waals surface area (Å²) in [7, 11) is -2.34. The number of nitrogens with zero attached hydrogens (tertiary/aromatic N) is 2. The average molecular weight is 255 g/mol. The van der Waals surface area contributed by atoms with Crippen LogP contribution in [0.3, 0.4) is 0 Å². The molecule has 0 amide bonds. The van der Waals surface area contributed by atoms with Gasteiger partial charge in [-0.1, -0.05) is 12.1 Å². The lowest BCUT2D eigenvalue weighted by Gasteiger charge is -2.08. The fraction of sp³-hybridized carbons (Fsp3) is 0.100. The van der Waals surface area contributed by atoms with Crippen molar-refractivity contribution in [1.82, 2.24) is 9.78 Å². The van der Waals surface area contributed by atoms with Crippen LogP contribution in [0.1, 0.15) is 0 Å². The van der Waals surface area contributed by atoms with E-state index in [0.29, 0.717) is 0 Å². The molecule has 2 aromatic rings. The number of rotatable bonds is 3. The zero-order valence-electron chi connectivity index (χ0n) is 8.96. The number of sulfonamides is 1. The predicted octanol–water partition coefficient (Wildman–Crippen LogP) is 1.36. The van der Waals surface area contributed by atoms with Crippen LogP contribution in [-0.2, 0) is 17.1 Å². The van der Waals surface area contributed by atoms with Gasteiger partial charge in [0.1, 0.15) is 16.5 Å². The summed E-state index contributed by atoms with van der Waals surface area (Å²) < 4.78 is 40.7. The van der Waals surface area contributed by atoms with Crippen molar-refractivity contribution >= 4 is 15.8 Å². The maximum atomic E-state index is 13.4. The molecular weight excluding hydrogens is 245 g/mol. The molecule has 5 nitrogen and oxygen atoms in total. The highest BCUT2D eigenvalue weighted by atomic mass is 32.2. The Balaban J connectivity index is 2.39. The normalized spacial score (nSPS) is 11.4. The van der Waals surface area contributed by atoms with Gasteiger partial charge in [-0.25, -0.2) is 12.8 Å². The molecule has 0 aliphatic rings. The second-order valence-electron chi connectivity index (χ2n) is 3.38. The van der Waals surface area contributed by atoms with Crippen molar-refractivity contribution in [2.45, 2.75) is 4.90 Å². The first-order valence-corrected chi connectivity index (χ1v) is 6.24. The molecule has 90 valence electrons. The fourth-order valence-corrected chi connectivity index (χ4v) is 2.50. The lowest BCUT2D eigenvalue weighted by atomic mass is 10.4. The van der Waals surface area contributed by atoms with Crippen LogP contribution in [0.5, 0.6) is 0 Å². The van der Waals surface area contributed by atoms with E-state index in [9.17, 15) is 12.8 Å². The molecule has 1 N–H and O–H groups in total. The zero-order chi connectivity index (χ0) is 12.5. The van der Waals surface area contributed by atoms with Crippen molar-refractivity contribution < 1.29 is 12.8 Å². The van der Waals surface area contributed by atoms with Gasteiger partial charge in [-0.05, 0) is 12.1 Å². The van der Waals surface area contributed by atoms with Crippen LogP contribution in [0, 0.1) is 5.82 Å². The van der Waals surface area contributed by atoms with E-state index in [-0.39, 0.29) is 10.7 Å². The van der Waals surface area contributed by atoms with Crippen LogP contribution < -0.4 is 4.72 Å². The molecule has 0 radical (unpaired) electrons. The summed E-state index contributed by atoms with van der Waals surface area (Å²) >= 11 is 0. The molecule has 1 aromatic carbocycles. The van der Waals surface area contributed by atoms with Crippen molar-refractivity contribution in [3.63, 3.8) is 0 Å². The van der Waals surface area contributed by atoms with E-state index in [0.717, 1.165) is 6.07 Å². The van der Waals surface area contributed by atoms with Gasteiger partial charge in [0.25, 0.3) is 10.0 Å². The summed E-state index contributed by atoms with van der Waals surface area (Å²) in [6, 6.07) is 6.67. The quantitative estimate of drug-likeness (QED) is 0.900. The van der Waals surface area contributed by atoms with Crippen LogP contribution in [0.2, 0.25) is 0 Å². The topological polar surface area (TPSA) is 64.0 Å². The van der Waals surface area contributed by atoms with E-state index in [1.165, 1.54) is 35.1 Å². The van der Waals surface area contributed by atoms with E-state index in [2.05, 4.69) is 9.82 Å². The number of benzene rings is 1. The van der Waals surface area contributed by atoms with Crippen LogP contribution in [0.25, 0.3) is 0 Å². The molecule has 1 heterocycles. The van der Waals surface area contributed by atoms with E-state index in [4.69, 9.17) is 0 Å². The Bertz CT molecular complexity index is 637. The van der Waals surface area contributed by atoms with Crippen molar-refractivity contribution in [2.75, 3.05) is 4.72 Å². The van der Waals surface area contributed by atoms with E-state index in [1.54, 1.807) is 7.05 Å². The number of aromatic nitrogens is 2. The summed E-state index contributed by atoms with van der Waals surface area (Å²) in [5.41, 5.74) is 0. The fourth-order valence-electron chi connectivity index (χ4n) is 1.33. The Morgan fingerprint density at radius 2 is 2.00 bits per heavy atom. The number of hydrogen-bond acceptors (Lipinski definition) is 3. The standard InChI is InChI=1S/C10H10FN3O2S/c1-14-10(6-7-12-14)13-17(15,16)9-5-3-2-4-8(9)11/h2-7,13H,1H3. The molecule has 0 atom stereocenters. The molecule has 0 unspecified atom stereocenters. The minimum atomic E-state index is -3.92. The highest BCUT2D eigenvalue weighted by Crippen LogP contribution is 2.17. The lowest BCUT2D eigenvalue weighted by Crippen LogP contribution is -2.16. The SMILES string of the molecule is Cn1nccc1NS(=O)(=O)c1ccccc1F. The molecule has 0 saturated heterocycles. The number of aryl methyl sites for hydroxylation is 1. The summed E-state index contributed by atoms with van der Waals surface area (Å²) in [5.74, 6) is -0.518. The lowest BCUT2D eigenvalue weighted by molar-refractivity contribution is 0.570.